The topological polar surface area (TPSA) is 41.6 Å². The van der Waals surface area contributed by atoms with Crippen LogP contribution in [0.1, 0.15) is 18.4 Å². The number of benzene rings is 2. The van der Waals surface area contributed by atoms with E-state index in [9.17, 15) is 9.18 Å². The Morgan fingerprint density at radius 2 is 2.08 bits per heavy atom. The van der Waals surface area contributed by atoms with Gasteiger partial charge in [-0.15, -0.1) is 0 Å². The minimum absolute atomic E-state index is 0.104. The average molecular weight is 377 g/mol. The van der Waals surface area contributed by atoms with Gasteiger partial charge in [0.1, 0.15) is 11.6 Å². The lowest BCUT2D eigenvalue weighted by Gasteiger charge is -2.33. The highest BCUT2D eigenvalue weighted by Gasteiger charge is 2.21. The number of ether oxygens (including phenoxy) is 1. The number of piperidine rings is 1. The Hall–Kier alpha value is -2.11. The first-order chi connectivity index (χ1) is 12.6. The van der Waals surface area contributed by atoms with Crippen LogP contribution in [0.25, 0.3) is 0 Å². The smallest absolute Gasteiger partial charge is 0.258 e. The van der Waals surface area contributed by atoms with Crippen LogP contribution in [0.3, 0.4) is 0 Å². The van der Waals surface area contributed by atoms with Crippen LogP contribution in [0.15, 0.2) is 48.5 Å². The predicted molar refractivity (Wildman–Crippen MR) is 99.8 cm³/mol. The van der Waals surface area contributed by atoms with Crippen LogP contribution in [-0.2, 0) is 11.3 Å². The summed E-state index contributed by atoms with van der Waals surface area (Å²) in [6.45, 7) is 2.59. The Kier molecular flexibility index (Phi) is 6.47. The van der Waals surface area contributed by atoms with Gasteiger partial charge < -0.3 is 10.1 Å². The molecule has 26 heavy (non-hydrogen) atoms. The first-order valence-electron chi connectivity index (χ1n) is 8.73. The Labute approximate surface area is 157 Å². The summed E-state index contributed by atoms with van der Waals surface area (Å²) >= 11 is 5.90. The van der Waals surface area contributed by atoms with Crippen molar-refractivity contribution in [1.82, 2.24) is 10.2 Å². The molecular formula is C20H22ClFN2O2. The molecule has 0 spiro atoms. The van der Waals surface area contributed by atoms with Crippen LogP contribution in [0.2, 0.25) is 5.02 Å². The van der Waals surface area contributed by atoms with Crippen LogP contribution in [-0.4, -0.2) is 36.5 Å². The molecular weight excluding hydrogens is 355 g/mol. The average Bonchev–Trinajstić information content (AvgIpc) is 2.62. The lowest BCUT2D eigenvalue weighted by molar-refractivity contribution is -0.124. The molecule has 0 bridgehead atoms. The van der Waals surface area contributed by atoms with Crippen molar-refractivity contribution >= 4 is 17.5 Å². The fourth-order valence-corrected chi connectivity index (χ4v) is 3.39. The molecule has 0 aromatic heterocycles. The van der Waals surface area contributed by atoms with Crippen molar-refractivity contribution in [2.45, 2.75) is 25.4 Å². The molecule has 0 radical (unpaired) electrons. The van der Waals surface area contributed by atoms with Crippen LogP contribution in [0, 0.1) is 5.82 Å². The highest BCUT2D eigenvalue weighted by molar-refractivity contribution is 6.32. The molecule has 4 nitrogen and oxygen atoms in total. The van der Waals surface area contributed by atoms with Crippen molar-refractivity contribution in [3.05, 3.63) is 64.9 Å². The predicted octanol–water partition coefficient (Wildman–Crippen LogP) is 3.64. The Balaban J connectivity index is 1.46. The van der Waals surface area contributed by atoms with Gasteiger partial charge >= 0.3 is 0 Å². The second-order valence-electron chi connectivity index (χ2n) is 6.49. The third-order valence-electron chi connectivity index (χ3n) is 4.37. The van der Waals surface area contributed by atoms with E-state index in [1.54, 1.807) is 0 Å². The van der Waals surface area contributed by atoms with Crippen molar-refractivity contribution in [1.29, 1.82) is 0 Å². The fourth-order valence-electron chi connectivity index (χ4n) is 3.16. The number of amides is 1. The summed E-state index contributed by atoms with van der Waals surface area (Å²) in [7, 11) is 0. The maximum absolute atomic E-state index is 13.0. The van der Waals surface area contributed by atoms with Gasteiger partial charge in [-0.2, -0.15) is 0 Å². The zero-order valence-corrected chi connectivity index (χ0v) is 15.2. The summed E-state index contributed by atoms with van der Waals surface area (Å²) in [5.41, 5.74) is 1.27. The first kappa shape index (κ1) is 18.7. The van der Waals surface area contributed by atoms with E-state index in [0.717, 1.165) is 38.5 Å². The SMILES string of the molecule is O=C(COc1ccc(F)cc1Cl)N[C@@H]1CCCN(Cc2ccccc2)C1. The number of likely N-dealkylation sites (tertiary alicyclic amines) is 1. The van der Waals surface area contributed by atoms with Crippen molar-refractivity contribution in [3.8, 4) is 5.75 Å². The number of nitrogens with one attached hydrogen (secondary N) is 1. The van der Waals surface area contributed by atoms with Gasteiger partial charge in [-0.25, -0.2) is 4.39 Å². The second-order valence-corrected chi connectivity index (χ2v) is 6.90. The zero-order valence-electron chi connectivity index (χ0n) is 14.5. The van der Waals surface area contributed by atoms with Gasteiger partial charge in [0.2, 0.25) is 0 Å². The number of hydrogen-bond donors (Lipinski definition) is 1. The van der Waals surface area contributed by atoms with Crippen LogP contribution >= 0.6 is 11.6 Å². The van der Waals surface area contributed by atoms with E-state index in [2.05, 4.69) is 22.3 Å². The van der Waals surface area contributed by atoms with Gasteiger partial charge in [0.25, 0.3) is 5.91 Å². The molecule has 1 atom stereocenters. The molecule has 1 heterocycles. The molecule has 3 rings (SSSR count). The van der Waals surface area contributed by atoms with E-state index in [1.807, 2.05) is 18.2 Å². The molecule has 0 aliphatic carbocycles. The maximum atomic E-state index is 13.0. The number of hydrogen-bond acceptors (Lipinski definition) is 3. The molecule has 1 fully saturated rings. The van der Waals surface area contributed by atoms with Gasteiger partial charge in [-0.1, -0.05) is 41.9 Å². The van der Waals surface area contributed by atoms with E-state index >= 15 is 0 Å². The molecule has 1 amide bonds. The molecule has 1 saturated heterocycles. The summed E-state index contributed by atoms with van der Waals surface area (Å²) in [6.07, 6.45) is 2.00. The third-order valence-corrected chi connectivity index (χ3v) is 4.67. The largest absolute Gasteiger partial charge is 0.482 e. The van der Waals surface area contributed by atoms with Gasteiger partial charge in [-0.05, 0) is 43.1 Å². The van der Waals surface area contributed by atoms with Crippen LogP contribution in [0.4, 0.5) is 4.39 Å². The van der Waals surface area contributed by atoms with Gasteiger partial charge in [-0.3, -0.25) is 9.69 Å². The number of rotatable bonds is 6. The van der Waals surface area contributed by atoms with E-state index < -0.39 is 5.82 Å². The summed E-state index contributed by atoms with van der Waals surface area (Å²) in [5.74, 6) is -0.331. The van der Waals surface area contributed by atoms with Crippen molar-refractivity contribution in [3.63, 3.8) is 0 Å². The second kappa shape index (κ2) is 9.01. The Morgan fingerprint density at radius 1 is 1.27 bits per heavy atom. The minimum atomic E-state index is -0.437. The fraction of sp³-hybridized carbons (Fsp3) is 0.350. The molecule has 0 saturated carbocycles. The molecule has 6 heteroatoms. The zero-order chi connectivity index (χ0) is 18.4. The third kappa shape index (κ3) is 5.44. The summed E-state index contributed by atoms with van der Waals surface area (Å²) in [6, 6.07) is 14.3. The van der Waals surface area contributed by atoms with Crippen molar-refractivity contribution < 1.29 is 13.9 Å². The molecule has 138 valence electrons. The number of nitrogens with zero attached hydrogens (tertiary/aromatic N) is 1. The van der Waals surface area contributed by atoms with E-state index in [4.69, 9.17) is 16.3 Å². The molecule has 1 aliphatic rings. The molecule has 2 aromatic rings. The van der Waals surface area contributed by atoms with E-state index in [1.165, 1.54) is 17.7 Å². The molecule has 0 unspecified atom stereocenters. The minimum Gasteiger partial charge on any atom is -0.482 e. The van der Waals surface area contributed by atoms with E-state index in [0.29, 0.717) is 5.75 Å². The van der Waals surface area contributed by atoms with Gasteiger partial charge in [0.05, 0.1) is 5.02 Å². The van der Waals surface area contributed by atoms with Gasteiger partial charge in [0.15, 0.2) is 6.61 Å². The highest BCUT2D eigenvalue weighted by Crippen LogP contribution is 2.24. The normalized spacial score (nSPS) is 17.7. The molecule has 1 aliphatic heterocycles. The number of halogens is 2. The van der Waals surface area contributed by atoms with Crippen LogP contribution < -0.4 is 10.1 Å². The highest BCUT2D eigenvalue weighted by atomic mass is 35.5. The standard InChI is InChI=1S/C20H22ClFN2O2/c21-18-11-16(22)8-9-19(18)26-14-20(25)23-17-7-4-10-24(13-17)12-15-5-2-1-3-6-15/h1-3,5-6,8-9,11,17H,4,7,10,12-14H2,(H,23,25)/t17-/m1/s1. The summed E-state index contributed by atoms with van der Waals surface area (Å²) in [5, 5.41) is 3.17. The number of carbonyl (C=O) groups excluding carboxylic acids is 1. The lowest BCUT2D eigenvalue weighted by Crippen LogP contribution is -2.48. The Morgan fingerprint density at radius 3 is 2.85 bits per heavy atom. The molecule has 2 aromatic carbocycles. The quantitative estimate of drug-likeness (QED) is 0.836. The monoisotopic (exact) mass is 376 g/mol. The maximum Gasteiger partial charge on any atom is 0.258 e. The van der Waals surface area contributed by atoms with E-state index in [-0.39, 0.29) is 23.6 Å². The summed E-state index contributed by atoms with van der Waals surface area (Å²) in [4.78, 5) is 14.5. The molecule has 1 N–H and O–H groups in total. The summed E-state index contributed by atoms with van der Waals surface area (Å²) < 4.78 is 18.4. The van der Waals surface area contributed by atoms with Gasteiger partial charge in [0, 0.05) is 19.1 Å². The van der Waals surface area contributed by atoms with Crippen molar-refractivity contribution in [2.75, 3.05) is 19.7 Å². The van der Waals surface area contributed by atoms with Crippen molar-refractivity contribution in [2.24, 2.45) is 0 Å². The lowest BCUT2D eigenvalue weighted by atomic mass is 10.0. The van der Waals surface area contributed by atoms with Crippen LogP contribution in [0.5, 0.6) is 5.75 Å². The number of carbonyl (C=O) groups is 1. The first-order valence-corrected chi connectivity index (χ1v) is 9.11. The Bertz CT molecular complexity index is 742.